The van der Waals surface area contributed by atoms with E-state index in [4.69, 9.17) is 14.6 Å². The lowest BCUT2D eigenvalue weighted by atomic mass is 10.2. The number of aliphatic hydroxyl groups excluding tert-OH is 3. The molecule has 0 aliphatic rings. The number of ether oxygens (including phenoxy) is 2. The summed E-state index contributed by atoms with van der Waals surface area (Å²) in [7, 11) is 1.36. The average molecular weight is 242 g/mol. The molecule has 5 heteroatoms. The van der Waals surface area contributed by atoms with Crippen molar-refractivity contribution in [2.24, 2.45) is 0 Å². The van der Waals surface area contributed by atoms with Crippen molar-refractivity contribution in [3.63, 3.8) is 0 Å². The third-order valence-electron chi connectivity index (χ3n) is 2.35. The van der Waals surface area contributed by atoms with E-state index in [1.807, 2.05) is 30.3 Å². The van der Waals surface area contributed by atoms with Crippen LogP contribution in [0, 0.1) is 0 Å². The van der Waals surface area contributed by atoms with Crippen molar-refractivity contribution in [1.29, 1.82) is 0 Å². The molecule has 0 fully saturated rings. The van der Waals surface area contributed by atoms with Crippen LogP contribution in [0.15, 0.2) is 30.3 Å². The summed E-state index contributed by atoms with van der Waals surface area (Å²) in [6, 6.07) is 9.39. The summed E-state index contributed by atoms with van der Waals surface area (Å²) in [5, 5.41) is 27.6. The van der Waals surface area contributed by atoms with Gasteiger partial charge in [0, 0.05) is 7.11 Å². The Morgan fingerprint density at radius 2 is 1.82 bits per heavy atom. The standard InChI is InChI=1S/C12H18O5/c1-16-12(11(15)10(14)7-13)17-8-9-5-3-2-4-6-9/h2-6,10-15H,7-8H2,1H3/t10-,11-,12?/m1/s1. The Kier molecular flexibility index (Phi) is 6.10. The fraction of sp³-hybridized carbons (Fsp3) is 0.500. The lowest BCUT2D eigenvalue weighted by Gasteiger charge is -2.24. The summed E-state index contributed by atoms with van der Waals surface area (Å²) in [6.45, 7) is -0.287. The minimum absolute atomic E-state index is 0.258. The van der Waals surface area contributed by atoms with Gasteiger partial charge < -0.3 is 24.8 Å². The van der Waals surface area contributed by atoms with Crippen LogP contribution in [0.1, 0.15) is 5.56 Å². The third-order valence-corrected chi connectivity index (χ3v) is 2.35. The van der Waals surface area contributed by atoms with Crippen LogP contribution < -0.4 is 0 Å². The van der Waals surface area contributed by atoms with Crippen LogP contribution in [-0.2, 0) is 16.1 Å². The van der Waals surface area contributed by atoms with E-state index in [0.29, 0.717) is 0 Å². The molecule has 0 amide bonds. The number of hydrogen-bond acceptors (Lipinski definition) is 5. The summed E-state index contributed by atoms with van der Waals surface area (Å²) >= 11 is 0. The molecule has 0 spiro atoms. The largest absolute Gasteiger partial charge is 0.394 e. The van der Waals surface area contributed by atoms with Gasteiger partial charge in [-0.2, -0.15) is 0 Å². The van der Waals surface area contributed by atoms with Crippen LogP contribution in [0.4, 0.5) is 0 Å². The van der Waals surface area contributed by atoms with Crippen molar-refractivity contribution in [3.8, 4) is 0 Å². The Balaban J connectivity index is 2.47. The van der Waals surface area contributed by atoms with Gasteiger partial charge in [0.05, 0.1) is 13.2 Å². The molecule has 96 valence electrons. The number of rotatable bonds is 7. The molecule has 0 heterocycles. The van der Waals surface area contributed by atoms with E-state index < -0.39 is 25.1 Å². The van der Waals surface area contributed by atoms with Gasteiger partial charge in [-0.15, -0.1) is 0 Å². The summed E-state index contributed by atoms with van der Waals surface area (Å²) in [4.78, 5) is 0. The molecule has 0 aliphatic heterocycles. The lowest BCUT2D eigenvalue weighted by molar-refractivity contribution is -0.212. The predicted molar refractivity (Wildman–Crippen MR) is 61.1 cm³/mol. The molecule has 17 heavy (non-hydrogen) atoms. The maximum atomic E-state index is 9.60. The molecule has 1 unspecified atom stereocenters. The van der Waals surface area contributed by atoms with E-state index in [2.05, 4.69) is 0 Å². The van der Waals surface area contributed by atoms with Crippen molar-refractivity contribution in [3.05, 3.63) is 35.9 Å². The number of methoxy groups -OCH3 is 1. The summed E-state index contributed by atoms with van der Waals surface area (Å²) < 4.78 is 10.2. The fourth-order valence-corrected chi connectivity index (χ4v) is 1.35. The molecule has 5 nitrogen and oxygen atoms in total. The van der Waals surface area contributed by atoms with Crippen molar-refractivity contribution in [2.75, 3.05) is 13.7 Å². The molecule has 0 saturated heterocycles. The number of aliphatic hydroxyl groups is 3. The highest BCUT2D eigenvalue weighted by atomic mass is 16.7. The van der Waals surface area contributed by atoms with Gasteiger partial charge in [-0.05, 0) is 5.56 Å². The highest BCUT2D eigenvalue weighted by molar-refractivity contribution is 5.13. The molecule has 3 atom stereocenters. The van der Waals surface area contributed by atoms with Crippen molar-refractivity contribution in [2.45, 2.75) is 25.1 Å². The Labute approximate surface area is 100 Å². The van der Waals surface area contributed by atoms with Gasteiger partial charge in [0.15, 0.2) is 6.29 Å². The summed E-state index contributed by atoms with van der Waals surface area (Å²) in [6.07, 6.45) is -3.54. The molecule has 0 radical (unpaired) electrons. The van der Waals surface area contributed by atoms with E-state index >= 15 is 0 Å². The zero-order valence-corrected chi connectivity index (χ0v) is 9.69. The molecule has 0 saturated carbocycles. The molecule has 3 N–H and O–H groups in total. The highest BCUT2D eigenvalue weighted by Gasteiger charge is 2.26. The SMILES string of the molecule is COC(OCc1ccccc1)[C@H](O)[C@H](O)CO. The van der Waals surface area contributed by atoms with E-state index in [1.54, 1.807) is 0 Å². The Morgan fingerprint density at radius 1 is 1.18 bits per heavy atom. The van der Waals surface area contributed by atoms with Crippen LogP contribution in [0.25, 0.3) is 0 Å². The van der Waals surface area contributed by atoms with Crippen LogP contribution in [0.5, 0.6) is 0 Å². The van der Waals surface area contributed by atoms with Gasteiger partial charge in [-0.3, -0.25) is 0 Å². The molecular weight excluding hydrogens is 224 g/mol. The monoisotopic (exact) mass is 242 g/mol. The van der Waals surface area contributed by atoms with Crippen molar-refractivity contribution in [1.82, 2.24) is 0 Å². The maximum absolute atomic E-state index is 9.60. The number of hydrogen-bond donors (Lipinski definition) is 3. The minimum Gasteiger partial charge on any atom is -0.394 e. The van der Waals surface area contributed by atoms with E-state index in [0.717, 1.165) is 5.56 Å². The second kappa shape index (κ2) is 7.37. The Hall–Kier alpha value is -0.980. The maximum Gasteiger partial charge on any atom is 0.186 e. The zero-order chi connectivity index (χ0) is 12.7. The van der Waals surface area contributed by atoms with Gasteiger partial charge in [-0.25, -0.2) is 0 Å². The van der Waals surface area contributed by atoms with E-state index in [9.17, 15) is 10.2 Å². The molecule has 1 aromatic rings. The molecule has 0 bridgehead atoms. The topological polar surface area (TPSA) is 79.2 Å². The number of benzene rings is 1. The zero-order valence-electron chi connectivity index (χ0n) is 9.69. The smallest absolute Gasteiger partial charge is 0.186 e. The lowest BCUT2D eigenvalue weighted by Crippen LogP contribution is -2.42. The predicted octanol–water partition coefficient (Wildman–Crippen LogP) is -0.110. The molecule has 1 rings (SSSR count). The first kappa shape index (κ1) is 14.1. The van der Waals surface area contributed by atoms with Crippen LogP contribution in [0.2, 0.25) is 0 Å². The summed E-state index contributed by atoms with van der Waals surface area (Å²) in [5.74, 6) is 0. The molecule has 1 aromatic carbocycles. The van der Waals surface area contributed by atoms with Crippen LogP contribution >= 0.6 is 0 Å². The first-order chi connectivity index (χ1) is 8.19. The van der Waals surface area contributed by atoms with Gasteiger partial charge in [-0.1, -0.05) is 30.3 Å². The first-order valence-electron chi connectivity index (χ1n) is 5.34. The second-order valence-corrected chi connectivity index (χ2v) is 3.64. The van der Waals surface area contributed by atoms with Crippen LogP contribution in [-0.4, -0.2) is 47.5 Å². The van der Waals surface area contributed by atoms with Crippen LogP contribution in [0.3, 0.4) is 0 Å². The van der Waals surface area contributed by atoms with Gasteiger partial charge in [0.1, 0.15) is 12.2 Å². The normalized spacial score (nSPS) is 16.5. The Bertz CT molecular complexity index is 303. The third kappa shape index (κ3) is 4.41. The van der Waals surface area contributed by atoms with Crippen molar-refractivity contribution >= 4 is 0 Å². The second-order valence-electron chi connectivity index (χ2n) is 3.64. The first-order valence-corrected chi connectivity index (χ1v) is 5.34. The van der Waals surface area contributed by atoms with Crippen molar-refractivity contribution < 1.29 is 24.8 Å². The van der Waals surface area contributed by atoms with E-state index in [1.165, 1.54) is 7.11 Å². The fourth-order valence-electron chi connectivity index (χ4n) is 1.35. The summed E-state index contributed by atoms with van der Waals surface area (Å²) in [5.41, 5.74) is 0.931. The van der Waals surface area contributed by atoms with Gasteiger partial charge in [0.2, 0.25) is 0 Å². The minimum atomic E-state index is -1.28. The highest BCUT2D eigenvalue weighted by Crippen LogP contribution is 2.09. The quantitative estimate of drug-likeness (QED) is 0.581. The Morgan fingerprint density at radius 3 is 2.35 bits per heavy atom. The van der Waals surface area contributed by atoms with Gasteiger partial charge >= 0.3 is 0 Å². The van der Waals surface area contributed by atoms with Gasteiger partial charge in [0.25, 0.3) is 0 Å². The molecular formula is C12H18O5. The van der Waals surface area contributed by atoms with E-state index in [-0.39, 0.29) is 6.61 Å². The average Bonchev–Trinajstić information content (AvgIpc) is 2.39. The molecule has 0 aromatic heterocycles. The molecule has 0 aliphatic carbocycles.